The minimum Gasteiger partial charge on any atom is -0.493 e. The fraction of sp³-hybridized carbons (Fsp3) is 0.111. The fourth-order valence-corrected chi connectivity index (χ4v) is 3.44. The second kappa shape index (κ2) is 8.53. The molecule has 0 aliphatic rings. The van der Waals surface area contributed by atoms with Crippen molar-refractivity contribution in [2.45, 2.75) is 6.61 Å². The first-order chi connectivity index (χ1) is 12.6. The van der Waals surface area contributed by atoms with Crippen molar-refractivity contribution < 1.29 is 14.3 Å². The molecule has 1 aromatic heterocycles. The van der Waals surface area contributed by atoms with Crippen molar-refractivity contribution in [3.8, 4) is 11.5 Å². The van der Waals surface area contributed by atoms with Crippen molar-refractivity contribution >= 4 is 50.5 Å². The van der Waals surface area contributed by atoms with E-state index in [-0.39, 0.29) is 5.91 Å². The van der Waals surface area contributed by atoms with Crippen molar-refractivity contribution in [2.24, 2.45) is 0 Å². The summed E-state index contributed by atoms with van der Waals surface area (Å²) < 4.78 is 11.9. The predicted molar refractivity (Wildman–Crippen MR) is 107 cm³/mol. The zero-order chi connectivity index (χ0) is 18.5. The molecule has 3 rings (SSSR count). The van der Waals surface area contributed by atoms with Crippen LogP contribution in [0, 0.1) is 0 Å². The van der Waals surface area contributed by atoms with Gasteiger partial charge in [0.05, 0.1) is 29.0 Å². The van der Waals surface area contributed by atoms with Crippen LogP contribution < -0.4 is 14.8 Å². The molecule has 0 spiro atoms. The number of hydrogen-bond donors (Lipinski definition) is 1. The summed E-state index contributed by atoms with van der Waals surface area (Å²) in [5.74, 6) is 0.715. The number of thiazole rings is 1. The number of anilines is 1. The molecule has 5 nitrogen and oxygen atoms in total. The Labute approximate surface area is 168 Å². The van der Waals surface area contributed by atoms with E-state index in [9.17, 15) is 4.79 Å². The summed E-state index contributed by atoms with van der Waals surface area (Å²) in [4.78, 5) is 16.7. The molecule has 3 aromatic rings. The largest absolute Gasteiger partial charge is 0.493 e. The number of nitrogens with zero attached hydrogens (tertiary/aromatic N) is 1. The maximum Gasteiger partial charge on any atom is 0.255 e. The SMILES string of the molecule is COc1cc(C(=O)Nc2ccc(Br)cc2Cl)ccc1OCc1cscn1. The molecule has 1 N–H and O–H groups in total. The average molecular weight is 454 g/mol. The van der Waals surface area contributed by atoms with E-state index in [2.05, 4.69) is 26.2 Å². The fourth-order valence-electron chi connectivity index (χ4n) is 2.17. The van der Waals surface area contributed by atoms with E-state index < -0.39 is 0 Å². The first kappa shape index (κ1) is 18.7. The quantitative estimate of drug-likeness (QED) is 0.543. The van der Waals surface area contributed by atoms with Crippen molar-refractivity contribution in [1.29, 1.82) is 0 Å². The van der Waals surface area contributed by atoms with Gasteiger partial charge in [-0.05, 0) is 36.4 Å². The van der Waals surface area contributed by atoms with Crippen LogP contribution in [0.4, 0.5) is 5.69 Å². The zero-order valence-electron chi connectivity index (χ0n) is 13.7. The molecule has 0 saturated heterocycles. The standard InChI is InChI=1S/C18H14BrClN2O3S/c1-24-17-6-11(2-5-16(17)25-8-13-9-26-10-21-13)18(23)22-15-4-3-12(19)7-14(15)20/h2-7,9-10H,8H2,1H3,(H,22,23). The van der Waals surface area contributed by atoms with Gasteiger partial charge in [-0.2, -0.15) is 0 Å². The second-order valence-electron chi connectivity index (χ2n) is 5.21. The topological polar surface area (TPSA) is 60.5 Å². The van der Waals surface area contributed by atoms with Gasteiger partial charge in [0, 0.05) is 15.4 Å². The van der Waals surface area contributed by atoms with Crippen LogP contribution in [0.2, 0.25) is 5.02 Å². The average Bonchev–Trinajstić information content (AvgIpc) is 3.15. The summed E-state index contributed by atoms with van der Waals surface area (Å²) in [6, 6.07) is 10.2. The molecule has 26 heavy (non-hydrogen) atoms. The van der Waals surface area contributed by atoms with Gasteiger partial charge in [0.25, 0.3) is 5.91 Å². The molecule has 0 unspecified atom stereocenters. The lowest BCUT2D eigenvalue weighted by atomic mass is 10.2. The summed E-state index contributed by atoms with van der Waals surface area (Å²) in [5.41, 5.74) is 3.55. The van der Waals surface area contributed by atoms with Crippen LogP contribution in [0.5, 0.6) is 11.5 Å². The molecule has 1 amide bonds. The number of rotatable bonds is 6. The Kier molecular flexibility index (Phi) is 6.13. The van der Waals surface area contributed by atoms with Crippen LogP contribution in [0.3, 0.4) is 0 Å². The molecule has 0 fully saturated rings. The van der Waals surface area contributed by atoms with Gasteiger partial charge in [-0.25, -0.2) is 4.98 Å². The predicted octanol–water partition coefficient (Wildman–Crippen LogP) is 5.40. The smallest absolute Gasteiger partial charge is 0.255 e. The lowest BCUT2D eigenvalue weighted by molar-refractivity contribution is 0.102. The summed E-state index contributed by atoms with van der Waals surface area (Å²) in [7, 11) is 1.53. The van der Waals surface area contributed by atoms with Gasteiger partial charge < -0.3 is 14.8 Å². The molecule has 134 valence electrons. The van der Waals surface area contributed by atoms with Crippen LogP contribution in [-0.4, -0.2) is 18.0 Å². The number of ether oxygens (including phenoxy) is 2. The van der Waals surface area contributed by atoms with Crippen molar-refractivity contribution in [3.05, 3.63) is 68.0 Å². The van der Waals surface area contributed by atoms with E-state index in [1.807, 2.05) is 5.38 Å². The zero-order valence-corrected chi connectivity index (χ0v) is 16.8. The summed E-state index contributed by atoms with van der Waals surface area (Å²) >= 11 is 11.0. The Balaban J connectivity index is 1.74. The molecule has 8 heteroatoms. The van der Waals surface area contributed by atoms with E-state index in [4.69, 9.17) is 21.1 Å². The van der Waals surface area contributed by atoms with Gasteiger partial charge in [0.1, 0.15) is 6.61 Å². The molecule has 2 aromatic carbocycles. The number of aromatic nitrogens is 1. The lowest BCUT2D eigenvalue weighted by Crippen LogP contribution is -2.12. The van der Waals surface area contributed by atoms with Crippen molar-refractivity contribution in [1.82, 2.24) is 4.98 Å². The maximum absolute atomic E-state index is 12.5. The highest BCUT2D eigenvalue weighted by atomic mass is 79.9. The Morgan fingerprint density at radius 2 is 2.12 bits per heavy atom. The number of amides is 1. The van der Waals surface area contributed by atoms with Gasteiger partial charge >= 0.3 is 0 Å². The van der Waals surface area contributed by atoms with E-state index in [1.54, 1.807) is 41.9 Å². The molecule has 0 radical (unpaired) electrons. The van der Waals surface area contributed by atoms with E-state index in [0.29, 0.717) is 34.4 Å². The Morgan fingerprint density at radius 3 is 2.81 bits per heavy atom. The molecule has 0 bridgehead atoms. The summed E-state index contributed by atoms with van der Waals surface area (Å²) in [5, 5.41) is 5.14. The van der Waals surface area contributed by atoms with Crippen molar-refractivity contribution in [3.63, 3.8) is 0 Å². The molecular formula is C18H14BrClN2O3S. The number of hydrogen-bond acceptors (Lipinski definition) is 5. The van der Waals surface area contributed by atoms with Crippen LogP contribution in [0.1, 0.15) is 16.1 Å². The van der Waals surface area contributed by atoms with Gasteiger partial charge in [0.15, 0.2) is 11.5 Å². The van der Waals surface area contributed by atoms with E-state index >= 15 is 0 Å². The highest BCUT2D eigenvalue weighted by molar-refractivity contribution is 9.10. The van der Waals surface area contributed by atoms with Crippen LogP contribution in [0.15, 0.2) is 51.8 Å². The van der Waals surface area contributed by atoms with Gasteiger partial charge in [0.2, 0.25) is 0 Å². The summed E-state index contributed by atoms with van der Waals surface area (Å²) in [6.45, 7) is 0.333. The molecule has 1 heterocycles. The minimum absolute atomic E-state index is 0.293. The Bertz CT molecular complexity index is 919. The third-order valence-corrected chi connectivity index (χ3v) is 4.91. The molecule has 0 atom stereocenters. The van der Waals surface area contributed by atoms with Gasteiger partial charge in [-0.3, -0.25) is 4.79 Å². The van der Waals surface area contributed by atoms with Crippen LogP contribution in [0.25, 0.3) is 0 Å². The highest BCUT2D eigenvalue weighted by Gasteiger charge is 2.13. The summed E-state index contributed by atoms with van der Waals surface area (Å²) in [6.07, 6.45) is 0. The number of halogens is 2. The number of carbonyl (C=O) groups is 1. The first-order valence-electron chi connectivity index (χ1n) is 7.51. The number of benzene rings is 2. The molecule has 0 aliphatic carbocycles. The Hall–Kier alpha value is -2.09. The monoisotopic (exact) mass is 452 g/mol. The third kappa shape index (κ3) is 4.55. The third-order valence-electron chi connectivity index (χ3n) is 3.46. The van der Waals surface area contributed by atoms with Crippen molar-refractivity contribution in [2.75, 3.05) is 12.4 Å². The number of nitrogens with one attached hydrogen (secondary N) is 1. The first-order valence-corrected chi connectivity index (χ1v) is 9.62. The number of methoxy groups -OCH3 is 1. The lowest BCUT2D eigenvalue weighted by Gasteiger charge is -2.12. The van der Waals surface area contributed by atoms with Gasteiger partial charge in [-0.15, -0.1) is 11.3 Å². The molecule has 0 saturated carbocycles. The van der Waals surface area contributed by atoms with E-state index in [0.717, 1.165) is 10.2 Å². The van der Waals surface area contributed by atoms with Crippen LogP contribution >= 0.6 is 38.9 Å². The van der Waals surface area contributed by atoms with E-state index in [1.165, 1.54) is 18.4 Å². The highest BCUT2D eigenvalue weighted by Crippen LogP contribution is 2.30. The van der Waals surface area contributed by atoms with Gasteiger partial charge in [-0.1, -0.05) is 27.5 Å². The second-order valence-corrected chi connectivity index (χ2v) is 7.25. The maximum atomic E-state index is 12.5. The Morgan fingerprint density at radius 1 is 1.27 bits per heavy atom. The van der Waals surface area contributed by atoms with Crippen LogP contribution in [-0.2, 0) is 6.61 Å². The minimum atomic E-state index is -0.293. The number of carbonyl (C=O) groups excluding carboxylic acids is 1. The normalized spacial score (nSPS) is 10.4. The molecule has 0 aliphatic heterocycles. The molecular weight excluding hydrogens is 440 g/mol.